The zero-order valence-corrected chi connectivity index (χ0v) is 14.3. The quantitative estimate of drug-likeness (QED) is 0.865. The predicted molar refractivity (Wildman–Crippen MR) is 89.2 cm³/mol. The normalized spacial score (nSPS) is 18.7. The number of nitrogens with zero attached hydrogens (tertiary/aromatic N) is 3. The van der Waals surface area contributed by atoms with E-state index in [1.165, 1.54) is 12.1 Å². The van der Waals surface area contributed by atoms with E-state index in [2.05, 4.69) is 20.8 Å². The number of carbonyl (C=O) groups excluding carboxylic acids is 2. The predicted octanol–water partition coefficient (Wildman–Crippen LogP) is 1.79. The minimum atomic E-state index is -0.544. The van der Waals surface area contributed by atoms with Gasteiger partial charge in [0.2, 0.25) is 5.91 Å². The van der Waals surface area contributed by atoms with E-state index in [4.69, 9.17) is 0 Å². The molecule has 132 valence electrons. The molecular weight excluding hydrogens is 325 g/mol. The van der Waals surface area contributed by atoms with E-state index < -0.39 is 11.7 Å². The van der Waals surface area contributed by atoms with E-state index in [1.54, 1.807) is 18.5 Å². The van der Waals surface area contributed by atoms with Crippen LogP contribution in [0.4, 0.5) is 10.1 Å². The highest BCUT2D eigenvalue weighted by Gasteiger charge is 2.39. The number of anilines is 1. The molecule has 1 aliphatic rings. The van der Waals surface area contributed by atoms with E-state index >= 15 is 0 Å². The summed E-state index contributed by atoms with van der Waals surface area (Å²) in [5.41, 5.74) is 0.387. The van der Waals surface area contributed by atoms with Crippen molar-refractivity contribution in [2.45, 2.75) is 26.8 Å². The number of hydrogen-bond acceptors (Lipinski definition) is 4. The fraction of sp³-hybridized carbons (Fsp3) is 0.412. The molecule has 2 aromatic rings. The number of halogens is 1. The van der Waals surface area contributed by atoms with E-state index in [-0.39, 0.29) is 23.9 Å². The molecule has 1 heterocycles. The van der Waals surface area contributed by atoms with Crippen molar-refractivity contribution < 1.29 is 14.0 Å². The number of carbonyl (C=O) groups is 2. The van der Waals surface area contributed by atoms with Gasteiger partial charge in [-0.1, -0.05) is 6.92 Å². The number of aromatic nitrogens is 3. The van der Waals surface area contributed by atoms with Gasteiger partial charge in [-0.15, -0.1) is 10.2 Å². The Morgan fingerprint density at radius 2 is 2.08 bits per heavy atom. The summed E-state index contributed by atoms with van der Waals surface area (Å²) in [5.74, 6) is 0.439. The molecule has 3 rings (SSSR count). The van der Waals surface area contributed by atoms with Crippen molar-refractivity contribution in [2.75, 3.05) is 5.32 Å². The second-order valence-electron chi connectivity index (χ2n) is 6.40. The molecule has 0 spiro atoms. The summed E-state index contributed by atoms with van der Waals surface area (Å²) in [7, 11) is 1.79. The lowest BCUT2D eigenvalue weighted by atomic mass is 10.1. The first kappa shape index (κ1) is 17.1. The van der Waals surface area contributed by atoms with Crippen LogP contribution in [0.5, 0.6) is 0 Å². The number of amides is 2. The SMILES string of the molecule is Cc1nnc(CNC(=O)c2cc(F)ccc2NC(=O)[C@H]2C[C@H]2C)n1C. The highest BCUT2D eigenvalue weighted by atomic mass is 19.1. The van der Waals surface area contributed by atoms with Crippen LogP contribution >= 0.6 is 0 Å². The van der Waals surface area contributed by atoms with Gasteiger partial charge >= 0.3 is 0 Å². The molecular formula is C17H20FN5O2. The monoisotopic (exact) mass is 345 g/mol. The van der Waals surface area contributed by atoms with Gasteiger partial charge in [-0.2, -0.15) is 0 Å². The molecule has 2 atom stereocenters. The Balaban J connectivity index is 1.73. The maximum Gasteiger partial charge on any atom is 0.253 e. The average Bonchev–Trinajstić information content (AvgIpc) is 3.23. The number of hydrogen-bond donors (Lipinski definition) is 2. The summed E-state index contributed by atoms with van der Waals surface area (Å²) >= 11 is 0. The highest BCUT2D eigenvalue weighted by Crippen LogP contribution is 2.38. The third kappa shape index (κ3) is 3.67. The van der Waals surface area contributed by atoms with Crippen LogP contribution in [0.25, 0.3) is 0 Å². The lowest BCUT2D eigenvalue weighted by molar-refractivity contribution is -0.117. The molecule has 0 saturated heterocycles. The van der Waals surface area contributed by atoms with Gasteiger partial charge in [-0.3, -0.25) is 9.59 Å². The molecule has 1 aromatic heterocycles. The molecule has 25 heavy (non-hydrogen) atoms. The Morgan fingerprint density at radius 3 is 2.68 bits per heavy atom. The van der Waals surface area contributed by atoms with Gasteiger partial charge in [-0.25, -0.2) is 4.39 Å². The Morgan fingerprint density at radius 1 is 1.36 bits per heavy atom. The molecule has 1 aromatic carbocycles. The fourth-order valence-corrected chi connectivity index (χ4v) is 2.59. The molecule has 1 aliphatic carbocycles. The number of rotatable bonds is 5. The first-order chi connectivity index (χ1) is 11.9. The zero-order chi connectivity index (χ0) is 18.1. The van der Waals surface area contributed by atoms with Crippen molar-refractivity contribution in [3.05, 3.63) is 41.2 Å². The lowest BCUT2D eigenvalue weighted by Crippen LogP contribution is -2.26. The Labute approximate surface area is 144 Å². The summed E-state index contributed by atoms with van der Waals surface area (Å²) in [6.45, 7) is 3.95. The highest BCUT2D eigenvalue weighted by molar-refractivity contribution is 6.04. The van der Waals surface area contributed by atoms with E-state index in [0.29, 0.717) is 17.4 Å². The molecule has 1 saturated carbocycles. The third-order valence-electron chi connectivity index (χ3n) is 4.52. The molecule has 8 heteroatoms. The fourth-order valence-electron chi connectivity index (χ4n) is 2.59. The second kappa shape index (κ2) is 6.62. The van der Waals surface area contributed by atoms with Gasteiger partial charge in [0.1, 0.15) is 11.6 Å². The standard InChI is InChI=1S/C17H20FN5O2/c1-9-6-12(9)17(25)20-14-5-4-11(18)7-13(14)16(24)19-8-15-22-21-10(2)23(15)3/h4-5,7,9,12H,6,8H2,1-3H3,(H,19,24)(H,20,25)/t9-,12+/m1/s1. The van der Waals surface area contributed by atoms with Crippen molar-refractivity contribution in [3.63, 3.8) is 0 Å². The molecule has 2 amide bonds. The molecule has 7 nitrogen and oxygen atoms in total. The van der Waals surface area contributed by atoms with E-state index in [1.807, 2.05) is 6.92 Å². The lowest BCUT2D eigenvalue weighted by Gasteiger charge is -2.12. The molecule has 2 N–H and O–H groups in total. The maximum absolute atomic E-state index is 13.6. The number of nitrogens with one attached hydrogen (secondary N) is 2. The average molecular weight is 345 g/mol. The Hall–Kier alpha value is -2.77. The Kier molecular flexibility index (Phi) is 4.52. The van der Waals surface area contributed by atoms with Crippen molar-refractivity contribution in [2.24, 2.45) is 18.9 Å². The van der Waals surface area contributed by atoms with Crippen molar-refractivity contribution in [1.29, 1.82) is 0 Å². The van der Waals surface area contributed by atoms with Crippen LogP contribution in [0.2, 0.25) is 0 Å². The van der Waals surface area contributed by atoms with Gasteiger partial charge in [0.25, 0.3) is 5.91 Å². The first-order valence-corrected chi connectivity index (χ1v) is 8.10. The van der Waals surface area contributed by atoms with Crippen LogP contribution in [0.1, 0.15) is 35.4 Å². The molecule has 0 unspecified atom stereocenters. The number of aryl methyl sites for hydroxylation is 1. The minimum Gasteiger partial charge on any atom is -0.345 e. The summed E-state index contributed by atoms with van der Waals surface area (Å²) in [4.78, 5) is 24.6. The van der Waals surface area contributed by atoms with Crippen molar-refractivity contribution in [1.82, 2.24) is 20.1 Å². The van der Waals surface area contributed by atoms with Crippen LogP contribution in [-0.2, 0) is 18.4 Å². The first-order valence-electron chi connectivity index (χ1n) is 8.10. The topological polar surface area (TPSA) is 88.9 Å². The zero-order valence-electron chi connectivity index (χ0n) is 14.3. The minimum absolute atomic E-state index is 0.0393. The summed E-state index contributed by atoms with van der Waals surface area (Å²) in [5, 5.41) is 13.3. The van der Waals surface area contributed by atoms with Crippen LogP contribution < -0.4 is 10.6 Å². The van der Waals surface area contributed by atoms with Gasteiger partial charge in [0.15, 0.2) is 5.82 Å². The van der Waals surface area contributed by atoms with Crippen molar-refractivity contribution in [3.8, 4) is 0 Å². The summed E-state index contributed by atoms with van der Waals surface area (Å²) in [6, 6.07) is 3.74. The molecule has 0 radical (unpaired) electrons. The van der Waals surface area contributed by atoms with Crippen molar-refractivity contribution >= 4 is 17.5 Å². The molecule has 0 aliphatic heterocycles. The maximum atomic E-state index is 13.6. The second-order valence-corrected chi connectivity index (χ2v) is 6.40. The van der Waals surface area contributed by atoms with Gasteiger partial charge in [-0.05, 0) is 37.5 Å². The molecule has 1 fully saturated rings. The van der Waals surface area contributed by atoms with Gasteiger partial charge in [0, 0.05) is 13.0 Å². The Bertz CT molecular complexity index is 832. The van der Waals surface area contributed by atoms with Crippen LogP contribution in [0.3, 0.4) is 0 Å². The van der Waals surface area contributed by atoms with Crippen LogP contribution in [0.15, 0.2) is 18.2 Å². The third-order valence-corrected chi connectivity index (χ3v) is 4.52. The van der Waals surface area contributed by atoms with Gasteiger partial charge < -0.3 is 15.2 Å². The summed E-state index contributed by atoms with van der Waals surface area (Å²) < 4.78 is 15.3. The number of benzene rings is 1. The van der Waals surface area contributed by atoms with E-state index in [0.717, 1.165) is 18.3 Å². The van der Waals surface area contributed by atoms with Crippen LogP contribution in [-0.4, -0.2) is 26.6 Å². The summed E-state index contributed by atoms with van der Waals surface area (Å²) in [6.07, 6.45) is 0.833. The van der Waals surface area contributed by atoms with E-state index in [9.17, 15) is 14.0 Å². The molecule has 0 bridgehead atoms. The smallest absolute Gasteiger partial charge is 0.253 e. The largest absolute Gasteiger partial charge is 0.345 e. The van der Waals surface area contributed by atoms with Crippen LogP contribution in [0, 0.1) is 24.6 Å². The van der Waals surface area contributed by atoms with Gasteiger partial charge in [0.05, 0.1) is 17.8 Å².